The van der Waals surface area contributed by atoms with Crippen molar-refractivity contribution in [3.8, 4) is 0 Å². The zero-order chi connectivity index (χ0) is 13.8. The van der Waals surface area contributed by atoms with Crippen LogP contribution in [0, 0.1) is 6.92 Å². The monoisotopic (exact) mass is 262 g/mol. The van der Waals surface area contributed by atoms with Gasteiger partial charge >= 0.3 is 0 Å². The number of pyridine rings is 1. The molecule has 1 N–H and O–H groups in total. The molecule has 0 aliphatic carbocycles. The van der Waals surface area contributed by atoms with Crippen LogP contribution in [0.5, 0.6) is 0 Å². The lowest BCUT2D eigenvalue weighted by atomic mass is 10.0. The van der Waals surface area contributed by atoms with Crippen LogP contribution in [0.4, 0.5) is 5.82 Å². The van der Waals surface area contributed by atoms with Gasteiger partial charge in [-0.15, -0.1) is 0 Å². The minimum atomic E-state index is 0.583. The van der Waals surface area contributed by atoms with Gasteiger partial charge in [0.1, 0.15) is 5.82 Å². The van der Waals surface area contributed by atoms with E-state index in [0.29, 0.717) is 6.04 Å². The number of nitrogens with one attached hydrogen (secondary N) is 1. The summed E-state index contributed by atoms with van der Waals surface area (Å²) in [5.74, 6) is 1.13. The number of aromatic nitrogens is 1. The van der Waals surface area contributed by atoms with Crippen molar-refractivity contribution in [2.75, 3.05) is 39.1 Å². The normalized spacial score (nSPS) is 20.5. The average molecular weight is 262 g/mol. The first-order chi connectivity index (χ1) is 9.11. The molecule has 0 spiro atoms. The highest BCUT2D eigenvalue weighted by molar-refractivity contribution is 5.47. The summed E-state index contributed by atoms with van der Waals surface area (Å²) in [6.45, 7) is 5.39. The first-order valence-corrected chi connectivity index (χ1v) is 7.13. The van der Waals surface area contributed by atoms with Crippen LogP contribution in [0.1, 0.15) is 24.0 Å². The third-order valence-electron chi connectivity index (χ3n) is 3.97. The Bertz CT molecular complexity index is 419. The van der Waals surface area contributed by atoms with Crippen LogP contribution in [0.15, 0.2) is 12.3 Å². The first-order valence-electron chi connectivity index (χ1n) is 7.13. The number of anilines is 1. The average Bonchev–Trinajstić information content (AvgIpc) is 2.38. The van der Waals surface area contributed by atoms with E-state index in [1.165, 1.54) is 30.5 Å². The maximum Gasteiger partial charge on any atom is 0.131 e. The van der Waals surface area contributed by atoms with Crippen LogP contribution in [-0.4, -0.2) is 50.2 Å². The van der Waals surface area contributed by atoms with Crippen LogP contribution < -0.4 is 10.2 Å². The summed E-state index contributed by atoms with van der Waals surface area (Å²) in [5, 5.41) is 3.17. The molecule has 19 heavy (non-hydrogen) atoms. The molecule has 106 valence electrons. The summed E-state index contributed by atoms with van der Waals surface area (Å²) >= 11 is 0. The maximum absolute atomic E-state index is 4.66. The van der Waals surface area contributed by atoms with Gasteiger partial charge in [0.15, 0.2) is 0 Å². The molecule has 0 aromatic carbocycles. The summed E-state index contributed by atoms with van der Waals surface area (Å²) in [7, 11) is 6.35. The lowest BCUT2D eigenvalue weighted by molar-refractivity contribution is 0.247. The molecular weight excluding hydrogens is 236 g/mol. The largest absolute Gasteiger partial charge is 0.355 e. The van der Waals surface area contributed by atoms with E-state index in [1.807, 2.05) is 13.2 Å². The molecule has 1 fully saturated rings. The summed E-state index contributed by atoms with van der Waals surface area (Å²) < 4.78 is 0. The predicted octanol–water partition coefficient (Wildman–Crippen LogP) is 1.64. The summed E-state index contributed by atoms with van der Waals surface area (Å²) in [6.07, 6.45) is 4.53. The topological polar surface area (TPSA) is 31.4 Å². The van der Waals surface area contributed by atoms with Crippen molar-refractivity contribution >= 4 is 5.82 Å². The van der Waals surface area contributed by atoms with Crippen LogP contribution in [0.25, 0.3) is 0 Å². The SMILES string of the molecule is CNCc1cnc(N(C)C2CCCN(C)C2)c(C)c1. The van der Waals surface area contributed by atoms with E-state index in [-0.39, 0.29) is 0 Å². The minimum Gasteiger partial charge on any atom is -0.355 e. The Kier molecular flexibility index (Phi) is 4.77. The molecule has 0 amide bonds. The second-order valence-electron chi connectivity index (χ2n) is 5.68. The van der Waals surface area contributed by atoms with Gasteiger partial charge in [-0.25, -0.2) is 4.98 Å². The van der Waals surface area contributed by atoms with Crippen molar-refractivity contribution in [2.45, 2.75) is 32.4 Å². The molecule has 4 heteroatoms. The molecular formula is C15H26N4. The number of likely N-dealkylation sites (N-methyl/N-ethyl adjacent to an activating group) is 2. The highest BCUT2D eigenvalue weighted by Crippen LogP contribution is 2.22. The lowest BCUT2D eigenvalue weighted by Crippen LogP contribution is -2.45. The van der Waals surface area contributed by atoms with Crippen LogP contribution in [0.2, 0.25) is 0 Å². The van der Waals surface area contributed by atoms with Crippen molar-refractivity contribution in [1.29, 1.82) is 0 Å². The fourth-order valence-electron chi connectivity index (χ4n) is 2.92. The third kappa shape index (κ3) is 3.45. The number of hydrogen-bond acceptors (Lipinski definition) is 4. The molecule has 1 aromatic heterocycles. The number of piperidine rings is 1. The maximum atomic E-state index is 4.66. The summed E-state index contributed by atoms with van der Waals surface area (Å²) in [4.78, 5) is 9.43. The van der Waals surface area contributed by atoms with Gasteiger partial charge in [-0.1, -0.05) is 0 Å². The second-order valence-corrected chi connectivity index (χ2v) is 5.68. The molecule has 2 heterocycles. The molecule has 1 unspecified atom stereocenters. The Hall–Kier alpha value is -1.13. The van der Waals surface area contributed by atoms with Crippen molar-refractivity contribution < 1.29 is 0 Å². The van der Waals surface area contributed by atoms with E-state index < -0.39 is 0 Å². The number of nitrogens with zero attached hydrogens (tertiary/aromatic N) is 3. The van der Waals surface area contributed by atoms with Gasteiger partial charge in [0.05, 0.1) is 0 Å². The molecule has 2 rings (SSSR count). The van der Waals surface area contributed by atoms with Gasteiger partial charge in [-0.2, -0.15) is 0 Å². The molecule has 1 aromatic rings. The van der Waals surface area contributed by atoms with Crippen LogP contribution >= 0.6 is 0 Å². The quantitative estimate of drug-likeness (QED) is 0.894. The van der Waals surface area contributed by atoms with E-state index in [4.69, 9.17) is 0 Å². The van der Waals surface area contributed by atoms with Crippen molar-refractivity contribution in [2.24, 2.45) is 0 Å². The zero-order valence-electron chi connectivity index (χ0n) is 12.6. The van der Waals surface area contributed by atoms with Crippen LogP contribution in [0.3, 0.4) is 0 Å². The van der Waals surface area contributed by atoms with E-state index in [2.05, 4.69) is 47.2 Å². The van der Waals surface area contributed by atoms with E-state index in [0.717, 1.165) is 18.9 Å². The predicted molar refractivity (Wildman–Crippen MR) is 80.7 cm³/mol. The van der Waals surface area contributed by atoms with E-state index in [1.54, 1.807) is 0 Å². The molecule has 0 saturated carbocycles. The fourth-order valence-corrected chi connectivity index (χ4v) is 2.92. The smallest absolute Gasteiger partial charge is 0.131 e. The standard InChI is InChI=1S/C15H26N4/c1-12-8-13(9-16-2)10-17-15(12)19(4)14-6-5-7-18(3)11-14/h8,10,14,16H,5-7,9,11H2,1-4H3. The number of likely N-dealkylation sites (tertiary alicyclic amines) is 1. The van der Waals surface area contributed by atoms with Crippen molar-refractivity contribution in [3.05, 3.63) is 23.4 Å². The molecule has 4 nitrogen and oxygen atoms in total. The summed E-state index contributed by atoms with van der Waals surface area (Å²) in [5.41, 5.74) is 2.52. The van der Waals surface area contributed by atoms with Gasteiger partial charge < -0.3 is 15.1 Å². The minimum absolute atomic E-state index is 0.583. The molecule has 1 aliphatic rings. The van der Waals surface area contributed by atoms with Crippen LogP contribution in [-0.2, 0) is 6.54 Å². The molecule has 0 bridgehead atoms. The Labute approximate surface area is 116 Å². The van der Waals surface area contributed by atoms with Crippen molar-refractivity contribution in [1.82, 2.24) is 15.2 Å². The fraction of sp³-hybridized carbons (Fsp3) is 0.667. The van der Waals surface area contributed by atoms with Gasteiger partial charge in [0.2, 0.25) is 0 Å². The molecule has 0 radical (unpaired) electrons. The van der Waals surface area contributed by atoms with Gasteiger partial charge in [0, 0.05) is 32.4 Å². The molecule has 1 aliphatic heterocycles. The number of rotatable bonds is 4. The number of aryl methyl sites for hydroxylation is 1. The Morgan fingerprint density at radius 1 is 1.53 bits per heavy atom. The second kappa shape index (κ2) is 6.35. The Balaban J connectivity index is 2.12. The van der Waals surface area contributed by atoms with Crippen molar-refractivity contribution in [3.63, 3.8) is 0 Å². The Morgan fingerprint density at radius 3 is 2.95 bits per heavy atom. The zero-order valence-corrected chi connectivity index (χ0v) is 12.6. The van der Waals surface area contributed by atoms with Gasteiger partial charge in [-0.05, 0) is 57.6 Å². The number of hydrogen-bond donors (Lipinski definition) is 1. The van der Waals surface area contributed by atoms with Gasteiger partial charge in [-0.3, -0.25) is 0 Å². The summed E-state index contributed by atoms with van der Waals surface area (Å²) in [6, 6.07) is 2.82. The van der Waals surface area contributed by atoms with E-state index >= 15 is 0 Å². The molecule has 1 saturated heterocycles. The lowest BCUT2D eigenvalue weighted by Gasteiger charge is -2.37. The molecule has 1 atom stereocenters. The van der Waals surface area contributed by atoms with E-state index in [9.17, 15) is 0 Å². The Morgan fingerprint density at radius 2 is 2.32 bits per heavy atom. The highest BCUT2D eigenvalue weighted by Gasteiger charge is 2.22. The van der Waals surface area contributed by atoms with Gasteiger partial charge in [0.25, 0.3) is 0 Å². The third-order valence-corrected chi connectivity index (χ3v) is 3.97. The highest BCUT2D eigenvalue weighted by atomic mass is 15.2. The first kappa shape index (κ1) is 14.3.